The minimum atomic E-state index is -0.490. The lowest BCUT2D eigenvalue weighted by atomic mass is 10.0. The maximum Gasteiger partial charge on any atom is 0.407 e. The Morgan fingerprint density at radius 1 is 1.08 bits per heavy atom. The molecule has 0 spiro atoms. The zero-order chi connectivity index (χ0) is 17.4. The molecule has 2 aromatic carbocycles. The van der Waals surface area contributed by atoms with E-state index in [0.29, 0.717) is 35.1 Å². The summed E-state index contributed by atoms with van der Waals surface area (Å²) in [6.07, 6.45) is -0.490. The quantitative estimate of drug-likeness (QED) is 0.612. The molecule has 0 aliphatic heterocycles. The van der Waals surface area contributed by atoms with Crippen LogP contribution in [0.15, 0.2) is 48.5 Å². The van der Waals surface area contributed by atoms with E-state index in [1.54, 1.807) is 37.3 Å². The molecule has 0 aliphatic carbocycles. The second-order valence-corrected chi connectivity index (χ2v) is 5.24. The molecule has 0 radical (unpaired) electrons. The highest BCUT2D eigenvalue weighted by molar-refractivity contribution is 6.32. The third kappa shape index (κ3) is 4.99. The highest BCUT2D eigenvalue weighted by atomic mass is 35.5. The lowest BCUT2D eigenvalue weighted by Crippen LogP contribution is -2.28. The van der Waals surface area contributed by atoms with Crippen LogP contribution in [0, 0.1) is 0 Å². The van der Waals surface area contributed by atoms with Gasteiger partial charge in [0, 0.05) is 11.1 Å². The number of ketones is 1. The number of rotatable bonds is 7. The molecule has 2 aromatic rings. The van der Waals surface area contributed by atoms with Crippen LogP contribution in [0.4, 0.5) is 4.79 Å². The summed E-state index contributed by atoms with van der Waals surface area (Å²) in [5.41, 5.74) is 1.09. The van der Waals surface area contributed by atoms with Crippen molar-refractivity contribution in [3.63, 3.8) is 0 Å². The first-order valence-electron chi connectivity index (χ1n) is 7.54. The number of alkyl carbamates (subject to hydrolysis) is 1. The van der Waals surface area contributed by atoms with E-state index in [4.69, 9.17) is 21.1 Å². The maximum atomic E-state index is 12.3. The minimum absolute atomic E-state index is 0.104. The number of benzene rings is 2. The number of hydrogen-bond acceptors (Lipinski definition) is 4. The van der Waals surface area contributed by atoms with Crippen molar-refractivity contribution in [2.45, 2.75) is 6.92 Å². The highest BCUT2D eigenvalue weighted by Gasteiger charge is 2.11. The van der Waals surface area contributed by atoms with Gasteiger partial charge in [0.15, 0.2) is 5.78 Å². The minimum Gasteiger partial charge on any atom is -0.490 e. The number of hydrogen-bond donors (Lipinski definition) is 1. The molecular weight excluding hydrogens is 330 g/mol. The van der Waals surface area contributed by atoms with E-state index in [9.17, 15) is 9.59 Å². The van der Waals surface area contributed by atoms with Crippen molar-refractivity contribution in [2.75, 3.05) is 19.8 Å². The van der Waals surface area contributed by atoms with Crippen LogP contribution in [0.3, 0.4) is 0 Å². The van der Waals surface area contributed by atoms with Gasteiger partial charge in [-0.1, -0.05) is 41.9 Å². The van der Waals surface area contributed by atoms with Gasteiger partial charge < -0.3 is 14.8 Å². The van der Waals surface area contributed by atoms with Crippen molar-refractivity contribution in [3.05, 3.63) is 64.7 Å². The van der Waals surface area contributed by atoms with E-state index in [0.717, 1.165) is 0 Å². The number of carbonyl (C=O) groups is 2. The SMILES string of the molecule is CCOC(=O)NCCOc1ccc(C(=O)c2ccccc2)cc1Cl. The first-order chi connectivity index (χ1) is 11.6. The van der Waals surface area contributed by atoms with Gasteiger partial charge in [-0.05, 0) is 25.1 Å². The first-order valence-corrected chi connectivity index (χ1v) is 7.92. The van der Waals surface area contributed by atoms with E-state index in [1.165, 1.54) is 0 Å². The molecule has 0 atom stereocenters. The van der Waals surface area contributed by atoms with Gasteiger partial charge in [-0.15, -0.1) is 0 Å². The fourth-order valence-electron chi connectivity index (χ4n) is 2.01. The molecule has 1 amide bonds. The molecule has 5 nitrogen and oxygen atoms in total. The van der Waals surface area contributed by atoms with Crippen molar-refractivity contribution in [2.24, 2.45) is 0 Å². The average Bonchev–Trinajstić information content (AvgIpc) is 2.60. The van der Waals surface area contributed by atoms with E-state index in [2.05, 4.69) is 5.32 Å². The first kappa shape index (κ1) is 17.8. The molecule has 2 rings (SSSR count). The molecule has 0 aromatic heterocycles. The Balaban J connectivity index is 1.93. The normalized spacial score (nSPS) is 10.1. The van der Waals surface area contributed by atoms with Crippen molar-refractivity contribution in [1.82, 2.24) is 5.32 Å². The van der Waals surface area contributed by atoms with Crippen LogP contribution in [0.1, 0.15) is 22.8 Å². The molecule has 0 heterocycles. The van der Waals surface area contributed by atoms with Gasteiger partial charge in [0.25, 0.3) is 0 Å². The molecular formula is C18H18ClNO4. The molecule has 0 unspecified atom stereocenters. The Morgan fingerprint density at radius 3 is 2.50 bits per heavy atom. The zero-order valence-electron chi connectivity index (χ0n) is 13.3. The fraction of sp³-hybridized carbons (Fsp3) is 0.222. The summed E-state index contributed by atoms with van der Waals surface area (Å²) in [4.78, 5) is 23.5. The van der Waals surface area contributed by atoms with Gasteiger partial charge in [-0.25, -0.2) is 4.79 Å². The second-order valence-electron chi connectivity index (χ2n) is 4.84. The number of nitrogens with one attached hydrogen (secondary N) is 1. The van der Waals surface area contributed by atoms with Crippen molar-refractivity contribution >= 4 is 23.5 Å². The summed E-state index contributed by atoms with van der Waals surface area (Å²) in [5.74, 6) is 0.347. The Bertz CT molecular complexity index is 703. The topological polar surface area (TPSA) is 64.6 Å². The van der Waals surface area contributed by atoms with Crippen molar-refractivity contribution in [1.29, 1.82) is 0 Å². The molecule has 0 saturated carbocycles. The number of ether oxygens (including phenoxy) is 2. The Hall–Kier alpha value is -2.53. The standard InChI is InChI=1S/C18H18ClNO4/c1-2-23-18(22)20-10-11-24-16-9-8-14(12-15(16)19)17(21)13-6-4-3-5-7-13/h3-9,12H,2,10-11H2,1H3,(H,20,22). The van der Waals surface area contributed by atoms with E-state index in [-0.39, 0.29) is 12.4 Å². The summed E-state index contributed by atoms with van der Waals surface area (Å²) in [5, 5.41) is 2.88. The largest absolute Gasteiger partial charge is 0.490 e. The van der Waals surface area contributed by atoms with Crippen LogP contribution in [0.2, 0.25) is 5.02 Å². The van der Waals surface area contributed by atoms with Crippen LogP contribution in [0.5, 0.6) is 5.75 Å². The highest BCUT2D eigenvalue weighted by Crippen LogP contribution is 2.26. The van der Waals surface area contributed by atoms with Crippen LogP contribution in [0.25, 0.3) is 0 Å². The van der Waals surface area contributed by atoms with Gasteiger partial charge in [0.05, 0.1) is 18.2 Å². The summed E-state index contributed by atoms with van der Waals surface area (Å²) in [6, 6.07) is 13.9. The van der Waals surface area contributed by atoms with Gasteiger partial charge >= 0.3 is 6.09 Å². The molecule has 0 aliphatic rings. The van der Waals surface area contributed by atoms with E-state index >= 15 is 0 Å². The van der Waals surface area contributed by atoms with Crippen LogP contribution in [-0.4, -0.2) is 31.6 Å². The molecule has 1 N–H and O–H groups in total. The van der Waals surface area contributed by atoms with Crippen molar-refractivity contribution < 1.29 is 19.1 Å². The monoisotopic (exact) mass is 347 g/mol. The van der Waals surface area contributed by atoms with Crippen molar-refractivity contribution in [3.8, 4) is 5.75 Å². The van der Waals surface area contributed by atoms with Crippen LogP contribution in [-0.2, 0) is 4.74 Å². The van der Waals surface area contributed by atoms with Crippen LogP contribution < -0.4 is 10.1 Å². The Labute approximate surface area is 145 Å². The summed E-state index contributed by atoms with van der Waals surface area (Å²) in [7, 11) is 0. The van der Waals surface area contributed by atoms with E-state index < -0.39 is 6.09 Å². The smallest absolute Gasteiger partial charge is 0.407 e. The lowest BCUT2D eigenvalue weighted by molar-refractivity contribution is 0.103. The number of halogens is 1. The fourth-order valence-corrected chi connectivity index (χ4v) is 2.25. The third-order valence-electron chi connectivity index (χ3n) is 3.13. The third-order valence-corrected chi connectivity index (χ3v) is 3.43. The average molecular weight is 348 g/mol. The summed E-state index contributed by atoms with van der Waals surface area (Å²) < 4.78 is 10.2. The molecule has 6 heteroatoms. The molecule has 24 heavy (non-hydrogen) atoms. The van der Waals surface area contributed by atoms with Gasteiger partial charge in [-0.2, -0.15) is 0 Å². The summed E-state index contributed by atoms with van der Waals surface area (Å²) >= 11 is 6.16. The van der Waals surface area contributed by atoms with Gasteiger partial charge in [0.2, 0.25) is 0 Å². The molecule has 0 bridgehead atoms. The maximum absolute atomic E-state index is 12.3. The summed E-state index contributed by atoms with van der Waals surface area (Å²) in [6.45, 7) is 2.58. The molecule has 126 valence electrons. The predicted octanol–water partition coefficient (Wildman–Crippen LogP) is 3.70. The lowest BCUT2D eigenvalue weighted by Gasteiger charge is -2.10. The number of amides is 1. The molecule has 0 fully saturated rings. The Morgan fingerprint density at radius 2 is 1.83 bits per heavy atom. The predicted molar refractivity (Wildman–Crippen MR) is 91.8 cm³/mol. The zero-order valence-corrected chi connectivity index (χ0v) is 14.0. The van der Waals surface area contributed by atoms with Gasteiger partial charge in [0.1, 0.15) is 12.4 Å². The van der Waals surface area contributed by atoms with Gasteiger partial charge in [-0.3, -0.25) is 4.79 Å². The Kier molecular flexibility index (Phi) is 6.63. The van der Waals surface area contributed by atoms with E-state index in [1.807, 2.05) is 18.2 Å². The second kappa shape index (κ2) is 8.93. The van der Waals surface area contributed by atoms with Crippen LogP contribution >= 0.6 is 11.6 Å². The molecule has 0 saturated heterocycles. The number of carbonyl (C=O) groups excluding carboxylic acids is 2.